The number of unbranched alkanes of at least 4 members (excludes halogenated alkanes) is 1. The van der Waals surface area contributed by atoms with Gasteiger partial charge in [0, 0.05) is 18.0 Å². The molecule has 0 radical (unpaired) electrons. The SMILES string of the molecule is CCCC[C@H](CC)C(=O)N(CCC)CC(=O)Nc1nnc(-c2cccc(C)c2)s1. The highest BCUT2D eigenvalue weighted by Crippen LogP contribution is 2.26. The van der Waals surface area contributed by atoms with Gasteiger partial charge in [-0.05, 0) is 32.3 Å². The molecule has 0 aliphatic heterocycles. The molecule has 1 heterocycles. The Morgan fingerprint density at radius 2 is 1.97 bits per heavy atom. The van der Waals surface area contributed by atoms with Crippen LogP contribution in [0.25, 0.3) is 10.6 Å². The average Bonchev–Trinajstić information content (AvgIpc) is 3.16. The van der Waals surface area contributed by atoms with Gasteiger partial charge in [0.15, 0.2) is 0 Å². The van der Waals surface area contributed by atoms with E-state index in [1.807, 2.05) is 45.0 Å². The number of aromatic nitrogens is 2. The van der Waals surface area contributed by atoms with Gasteiger partial charge in [-0.1, -0.05) is 68.7 Å². The number of nitrogens with one attached hydrogen (secondary N) is 1. The van der Waals surface area contributed by atoms with Gasteiger partial charge in [0.05, 0.1) is 6.54 Å². The van der Waals surface area contributed by atoms with Crippen molar-refractivity contribution in [1.82, 2.24) is 15.1 Å². The molecular weight excluding hydrogens is 384 g/mol. The largest absolute Gasteiger partial charge is 0.333 e. The highest BCUT2D eigenvalue weighted by molar-refractivity contribution is 7.18. The average molecular weight is 417 g/mol. The van der Waals surface area contributed by atoms with Crippen molar-refractivity contribution in [2.45, 2.75) is 59.8 Å². The summed E-state index contributed by atoms with van der Waals surface area (Å²) in [5.74, 6) is -0.163. The first kappa shape index (κ1) is 23.0. The lowest BCUT2D eigenvalue weighted by atomic mass is 9.97. The molecule has 29 heavy (non-hydrogen) atoms. The van der Waals surface area contributed by atoms with Crippen molar-refractivity contribution < 1.29 is 9.59 Å². The smallest absolute Gasteiger partial charge is 0.245 e. The number of hydrogen-bond donors (Lipinski definition) is 1. The van der Waals surface area contributed by atoms with Crippen LogP contribution in [0.3, 0.4) is 0 Å². The third-order valence-corrected chi connectivity index (χ3v) is 5.71. The third-order valence-electron chi connectivity index (χ3n) is 4.82. The Morgan fingerprint density at radius 3 is 2.62 bits per heavy atom. The molecule has 6 nitrogen and oxygen atoms in total. The fourth-order valence-corrected chi connectivity index (χ4v) is 4.00. The molecule has 2 rings (SSSR count). The van der Waals surface area contributed by atoms with Gasteiger partial charge in [-0.2, -0.15) is 0 Å². The number of anilines is 1. The highest BCUT2D eigenvalue weighted by atomic mass is 32.1. The number of rotatable bonds is 11. The van der Waals surface area contributed by atoms with Crippen LogP contribution in [0.4, 0.5) is 5.13 Å². The second-order valence-electron chi connectivity index (χ2n) is 7.34. The molecule has 0 aliphatic carbocycles. The molecule has 0 fully saturated rings. The zero-order valence-electron chi connectivity index (χ0n) is 17.9. The van der Waals surface area contributed by atoms with Gasteiger partial charge < -0.3 is 4.90 Å². The molecule has 2 aromatic rings. The fourth-order valence-electron chi connectivity index (χ4n) is 3.25. The molecule has 0 unspecified atom stereocenters. The van der Waals surface area contributed by atoms with Gasteiger partial charge in [0.25, 0.3) is 0 Å². The number of hydrogen-bond acceptors (Lipinski definition) is 5. The number of amides is 2. The van der Waals surface area contributed by atoms with E-state index >= 15 is 0 Å². The Morgan fingerprint density at radius 1 is 1.17 bits per heavy atom. The number of nitrogens with zero attached hydrogens (tertiary/aromatic N) is 3. The van der Waals surface area contributed by atoms with E-state index in [0.717, 1.165) is 48.2 Å². The van der Waals surface area contributed by atoms with Crippen LogP contribution in [0.5, 0.6) is 0 Å². The Bertz CT molecular complexity index is 806. The van der Waals surface area contributed by atoms with E-state index in [9.17, 15) is 9.59 Å². The number of aryl methyl sites for hydroxylation is 1. The zero-order valence-corrected chi connectivity index (χ0v) is 18.7. The molecule has 0 bridgehead atoms. The third kappa shape index (κ3) is 6.92. The van der Waals surface area contributed by atoms with E-state index in [1.54, 1.807) is 4.90 Å². The van der Waals surface area contributed by atoms with E-state index in [4.69, 9.17) is 0 Å². The molecule has 0 aliphatic rings. The summed E-state index contributed by atoms with van der Waals surface area (Å²) in [6, 6.07) is 8.01. The van der Waals surface area contributed by atoms with Gasteiger partial charge >= 0.3 is 0 Å². The van der Waals surface area contributed by atoms with Crippen LogP contribution in [-0.2, 0) is 9.59 Å². The second-order valence-corrected chi connectivity index (χ2v) is 8.31. The van der Waals surface area contributed by atoms with E-state index in [1.165, 1.54) is 11.3 Å². The van der Waals surface area contributed by atoms with Crippen LogP contribution < -0.4 is 5.32 Å². The summed E-state index contributed by atoms with van der Waals surface area (Å²) >= 11 is 1.34. The fraction of sp³-hybridized carbons (Fsp3) is 0.545. The van der Waals surface area contributed by atoms with Crippen molar-refractivity contribution in [3.8, 4) is 10.6 Å². The Kier molecular flexibility index (Phi) is 9.25. The summed E-state index contributed by atoms with van der Waals surface area (Å²) in [5.41, 5.74) is 2.12. The lowest BCUT2D eigenvalue weighted by molar-refractivity contribution is -0.138. The van der Waals surface area contributed by atoms with Crippen molar-refractivity contribution >= 4 is 28.3 Å². The molecule has 7 heteroatoms. The summed E-state index contributed by atoms with van der Waals surface area (Å²) < 4.78 is 0. The zero-order chi connectivity index (χ0) is 21.2. The van der Waals surface area contributed by atoms with Crippen molar-refractivity contribution in [2.75, 3.05) is 18.4 Å². The van der Waals surface area contributed by atoms with Gasteiger partial charge in [-0.3, -0.25) is 14.9 Å². The van der Waals surface area contributed by atoms with E-state index in [2.05, 4.69) is 22.4 Å². The molecule has 0 saturated heterocycles. The van der Waals surface area contributed by atoms with Crippen LogP contribution >= 0.6 is 11.3 Å². The van der Waals surface area contributed by atoms with Crippen molar-refractivity contribution in [3.63, 3.8) is 0 Å². The molecule has 1 N–H and O–H groups in total. The Labute approximate surface area is 177 Å². The predicted octanol–water partition coefficient (Wildman–Crippen LogP) is 4.91. The maximum Gasteiger partial charge on any atom is 0.245 e. The lowest BCUT2D eigenvalue weighted by Crippen LogP contribution is -2.41. The minimum atomic E-state index is -0.232. The summed E-state index contributed by atoms with van der Waals surface area (Å²) in [6.07, 6.45) is 4.60. The van der Waals surface area contributed by atoms with Crippen LogP contribution in [0.2, 0.25) is 0 Å². The quantitative estimate of drug-likeness (QED) is 0.565. The Hall–Kier alpha value is -2.28. The highest BCUT2D eigenvalue weighted by Gasteiger charge is 2.24. The molecule has 0 spiro atoms. The van der Waals surface area contributed by atoms with Gasteiger partial charge in [-0.25, -0.2) is 0 Å². The van der Waals surface area contributed by atoms with E-state index in [0.29, 0.717) is 11.7 Å². The number of carbonyl (C=O) groups is 2. The van der Waals surface area contributed by atoms with E-state index in [-0.39, 0.29) is 24.3 Å². The molecule has 158 valence electrons. The summed E-state index contributed by atoms with van der Waals surface area (Å²) in [5, 5.41) is 12.3. The van der Waals surface area contributed by atoms with Gasteiger partial charge in [0.1, 0.15) is 5.01 Å². The molecular formula is C22H32N4O2S. The standard InChI is InChI=1S/C22H32N4O2S/c1-5-8-11-17(7-3)21(28)26(13-6-2)15-19(27)23-22-25-24-20(29-22)18-12-9-10-16(4)14-18/h9-10,12,14,17H,5-8,11,13,15H2,1-4H3,(H,23,25,27)/t17-/m0/s1. The maximum atomic E-state index is 12.9. The monoisotopic (exact) mass is 416 g/mol. The van der Waals surface area contributed by atoms with Crippen LogP contribution in [0.15, 0.2) is 24.3 Å². The van der Waals surface area contributed by atoms with Crippen LogP contribution in [0.1, 0.15) is 58.4 Å². The van der Waals surface area contributed by atoms with Gasteiger partial charge in [-0.15, -0.1) is 10.2 Å². The van der Waals surface area contributed by atoms with Crippen LogP contribution in [-0.4, -0.2) is 40.0 Å². The topological polar surface area (TPSA) is 75.2 Å². The minimum Gasteiger partial charge on any atom is -0.333 e. The molecule has 2 amide bonds. The summed E-state index contributed by atoms with van der Waals surface area (Å²) in [4.78, 5) is 27.1. The van der Waals surface area contributed by atoms with Crippen molar-refractivity contribution in [2.24, 2.45) is 5.92 Å². The van der Waals surface area contributed by atoms with Gasteiger partial charge in [0.2, 0.25) is 16.9 Å². The first-order valence-corrected chi connectivity index (χ1v) is 11.3. The number of benzene rings is 1. The van der Waals surface area contributed by atoms with Crippen molar-refractivity contribution in [3.05, 3.63) is 29.8 Å². The Balaban J connectivity index is 2.00. The number of carbonyl (C=O) groups excluding carboxylic acids is 2. The van der Waals surface area contributed by atoms with E-state index < -0.39 is 0 Å². The minimum absolute atomic E-state index is 0.0104. The lowest BCUT2D eigenvalue weighted by Gasteiger charge is -2.26. The molecule has 1 atom stereocenters. The second kappa shape index (κ2) is 11.7. The molecule has 0 saturated carbocycles. The normalized spacial score (nSPS) is 11.9. The maximum absolute atomic E-state index is 12.9. The molecule has 1 aromatic carbocycles. The molecule has 1 aromatic heterocycles. The summed E-state index contributed by atoms with van der Waals surface area (Å²) in [7, 11) is 0. The van der Waals surface area contributed by atoms with Crippen molar-refractivity contribution in [1.29, 1.82) is 0 Å². The van der Waals surface area contributed by atoms with Crippen LogP contribution in [0, 0.1) is 12.8 Å². The summed E-state index contributed by atoms with van der Waals surface area (Å²) in [6.45, 7) is 8.84. The first-order chi connectivity index (χ1) is 14.0. The predicted molar refractivity (Wildman–Crippen MR) is 119 cm³/mol. The first-order valence-electron chi connectivity index (χ1n) is 10.5.